The summed E-state index contributed by atoms with van der Waals surface area (Å²) in [5.74, 6) is 1.82. The van der Waals surface area contributed by atoms with Crippen molar-refractivity contribution in [2.24, 2.45) is 51.2 Å². The minimum Gasteiger partial charge on any atom is -0.481 e. The van der Waals surface area contributed by atoms with E-state index >= 15 is 0 Å². The fourth-order valence-corrected chi connectivity index (χ4v) is 15.1. The van der Waals surface area contributed by atoms with Gasteiger partial charge in [0.1, 0.15) is 6.04 Å². The number of hydrogen-bond donors (Lipinski definition) is 2. The zero-order valence-electron chi connectivity index (χ0n) is 34.3. The second-order valence-electron chi connectivity index (χ2n) is 19.2. The van der Waals surface area contributed by atoms with Crippen LogP contribution in [0.4, 0.5) is 17.6 Å². The number of fused-ring (bicyclic) bond motifs is 7. The van der Waals surface area contributed by atoms with Crippen molar-refractivity contribution < 1.29 is 31.7 Å². The maximum absolute atomic E-state index is 14.7. The molecule has 1 heterocycles. The number of aliphatic carboxylic acids is 1. The molecule has 1 saturated heterocycles. The highest BCUT2D eigenvalue weighted by Crippen LogP contribution is 2.76. The Morgan fingerprint density at radius 3 is 2.22 bits per heavy atom. The molecule has 6 aliphatic carbocycles. The highest BCUT2D eigenvalue weighted by Gasteiger charge is 2.70. The average Bonchev–Trinajstić information content (AvgIpc) is 3.54. The Labute approximate surface area is 326 Å². The van der Waals surface area contributed by atoms with Gasteiger partial charge in [-0.1, -0.05) is 59.3 Å². The van der Waals surface area contributed by atoms with Crippen LogP contribution >= 0.6 is 0 Å². The highest BCUT2D eigenvalue weighted by atomic mass is 32.2. The van der Waals surface area contributed by atoms with Crippen molar-refractivity contribution in [1.82, 2.24) is 10.2 Å². The zero-order chi connectivity index (χ0) is 39.9. The van der Waals surface area contributed by atoms with Crippen molar-refractivity contribution in [1.29, 1.82) is 0 Å². The van der Waals surface area contributed by atoms with Gasteiger partial charge in [-0.2, -0.15) is 13.2 Å². The minimum absolute atomic E-state index is 0.0150. The summed E-state index contributed by atoms with van der Waals surface area (Å²) in [7, 11) is -0.409. The third-order valence-corrected chi connectivity index (χ3v) is 17.9. The van der Waals surface area contributed by atoms with Gasteiger partial charge in [-0.3, -0.25) is 23.6 Å². The van der Waals surface area contributed by atoms with E-state index in [0.29, 0.717) is 55.9 Å². The van der Waals surface area contributed by atoms with Crippen LogP contribution in [-0.2, 0) is 15.6 Å². The van der Waals surface area contributed by atoms with Gasteiger partial charge in [-0.25, -0.2) is 0 Å². The van der Waals surface area contributed by atoms with Crippen molar-refractivity contribution in [3.05, 3.63) is 36.0 Å². The van der Waals surface area contributed by atoms with E-state index in [4.69, 9.17) is 0 Å². The molecule has 10 heteroatoms. The minimum atomic E-state index is -4.32. The summed E-state index contributed by atoms with van der Waals surface area (Å²) >= 11 is 0. The van der Waals surface area contributed by atoms with Gasteiger partial charge in [0.25, 0.3) is 0 Å². The Morgan fingerprint density at radius 1 is 0.963 bits per heavy atom. The zero-order valence-corrected chi connectivity index (χ0v) is 35.1. The first kappa shape index (κ1) is 43.6. The van der Waals surface area contributed by atoms with Crippen LogP contribution in [0.3, 0.4) is 0 Å². The summed E-state index contributed by atoms with van der Waals surface area (Å²) in [4.78, 5) is 13.5. The summed E-state index contributed by atoms with van der Waals surface area (Å²) in [6, 6.07) is -1.55. The molecular weight excluding hydrogens is 713 g/mol. The van der Waals surface area contributed by atoms with Gasteiger partial charge < -0.3 is 5.11 Å². The van der Waals surface area contributed by atoms with E-state index in [1.165, 1.54) is 24.0 Å². The van der Waals surface area contributed by atoms with E-state index in [-0.39, 0.29) is 40.0 Å². The molecule has 0 radical (unpaired) electrons. The van der Waals surface area contributed by atoms with Gasteiger partial charge in [0.2, 0.25) is 0 Å². The predicted octanol–water partition coefficient (Wildman–Crippen LogP) is 10.3. The van der Waals surface area contributed by atoms with Crippen LogP contribution in [0.25, 0.3) is 0 Å². The van der Waals surface area contributed by atoms with Crippen LogP contribution < -0.4 is 5.32 Å². The predicted molar refractivity (Wildman–Crippen MR) is 212 cm³/mol. The van der Waals surface area contributed by atoms with Crippen LogP contribution in [0.1, 0.15) is 125 Å². The summed E-state index contributed by atoms with van der Waals surface area (Å²) in [5.41, 5.74) is 2.79. The number of carboxylic acids is 1. The molecule has 54 heavy (non-hydrogen) atoms. The largest absolute Gasteiger partial charge is 0.481 e. The molecule has 10 atom stereocenters. The molecule has 0 bridgehead atoms. The molecule has 0 aromatic carbocycles. The number of nitrogens with zero attached hydrogens (tertiary/aromatic N) is 1. The second-order valence-corrected chi connectivity index (χ2v) is 20.9. The van der Waals surface area contributed by atoms with E-state index in [1.54, 1.807) is 6.08 Å². The van der Waals surface area contributed by atoms with Gasteiger partial charge in [0.05, 0.1) is 13.1 Å². The first-order valence-electron chi connectivity index (χ1n) is 20.9. The van der Waals surface area contributed by atoms with Crippen LogP contribution in [0.15, 0.2) is 36.0 Å². The lowest BCUT2D eigenvalue weighted by Gasteiger charge is -2.72. The van der Waals surface area contributed by atoms with E-state index in [2.05, 4.69) is 58.7 Å². The number of allylic oxidation sites excluding steroid dienone is 5. The number of carboxylic acid groups (broad SMARTS) is 1. The molecule has 308 valence electrons. The molecule has 4 saturated carbocycles. The molecule has 0 spiro atoms. The Morgan fingerprint density at radius 2 is 1.63 bits per heavy atom. The molecule has 9 unspecified atom stereocenters. The van der Waals surface area contributed by atoms with Crippen LogP contribution in [0, 0.1) is 51.2 Å². The SMILES string of the molecule is C=CC.CC1(C)C(C2=CCC(C(=O)O)CC2)=CCC2(C)C1CCC1(C)C2CCC2C3CCCC3(NC(CN3CCS(=O)CC3)C(F)(F)F)CC[C@]21C.CF. The van der Waals surface area contributed by atoms with Crippen LogP contribution in [0.5, 0.6) is 0 Å². The van der Waals surface area contributed by atoms with Crippen LogP contribution in [-0.4, -0.2) is 76.3 Å². The molecule has 0 aromatic heterocycles. The van der Waals surface area contributed by atoms with Crippen molar-refractivity contribution >= 4 is 16.8 Å². The normalized spacial score (nSPS) is 41.1. The van der Waals surface area contributed by atoms with Crippen molar-refractivity contribution in [3.63, 3.8) is 0 Å². The fraction of sp³-hybridized carbons (Fsp3) is 0.841. The fourth-order valence-electron chi connectivity index (χ4n) is 14.0. The van der Waals surface area contributed by atoms with Gasteiger partial charge in [-0.05, 0) is 140 Å². The van der Waals surface area contributed by atoms with Crippen LogP contribution in [0.2, 0.25) is 0 Å². The van der Waals surface area contributed by atoms with E-state index in [9.17, 15) is 31.7 Å². The lowest BCUT2D eigenvalue weighted by atomic mass is 9.33. The molecule has 0 aromatic rings. The van der Waals surface area contributed by atoms with Gasteiger partial charge in [0, 0.05) is 47.5 Å². The second kappa shape index (κ2) is 16.4. The van der Waals surface area contributed by atoms with E-state index < -0.39 is 34.5 Å². The summed E-state index contributed by atoms with van der Waals surface area (Å²) < 4.78 is 65.6. The van der Waals surface area contributed by atoms with Gasteiger partial charge in [-0.15, -0.1) is 6.58 Å². The van der Waals surface area contributed by atoms with Crippen molar-refractivity contribution in [3.8, 4) is 0 Å². The first-order chi connectivity index (χ1) is 25.4. The Hall–Kier alpha value is -1.52. The number of carbonyl (C=O) groups is 1. The third-order valence-electron chi connectivity index (χ3n) is 16.6. The molecular formula is C44H70F4N2O3S. The highest BCUT2D eigenvalue weighted by molar-refractivity contribution is 7.85. The number of halogens is 4. The molecule has 5 fully saturated rings. The van der Waals surface area contributed by atoms with Gasteiger partial charge in [0.15, 0.2) is 0 Å². The first-order valence-corrected chi connectivity index (χ1v) is 22.3. The topological polar surface area (TPSA) is 69.6 Å². The number of alkyl halides is 4. The Balaban J connectivity index is 0.00000107. The maximum atomic E-state index is 14.7. The lowest BCUT2D eigenvalue weighted by molar-refractivity contribution is -0.223. The third kappa shape index (κ3) is 7.60. The van der Waals surface area contributed by atoms with E-state index in [1.807, 2.05) is 11.8 Å². The standard InChI is InChI=1S/C40H61F3N2O3S.C3H6.CH3F/c1-35(2)28(26-8-10-27(11-9-26)34(46)47)14-17-36(3)31(35)15-18-38(5)32(36)13-12-29-30-7-6-16-39(30,20-19-37(29,38)4)44-33(40(41,42)43)25-45-21-23-49(48)24-22-45;1-3-2;1-2/h8,14,27,29-33,44H,6-7,9-13,15-25H2,1-5H3,(H,46,47);3H,1H2,2H3;1H3/t27?,29?,30?,31?,32?,33?,36?,37-,38?,39?;;/m1../s1. The maximum Gasteiger partial charge on any atom is 0.405 e. The lowest BCUT2D eigenvalue weighted by Crippen LogP contribution is -2.69. The Kier molecular flexibility index (Phi) is 13.2. The average molecular weight is 783 g/mol. The van der Waals surface area contributed by atoms with Gasteiger partial charge >= 0.3 is 12.1 Å². The molecule has 7 rings (SSSR count). The molecule has 2 N–H and O–H groups in total. The quantitative estimate of drug-likeness (QED) is 0.207. The smallest absolute Gasteiger partial charge is 0.405 e. The van der Waals surface area contributed by atoms with Crippen molar-refractivity contribution in [2.45, 2.75) is 143 Å². The van der Waals surface area contributed by atoms with E-state index in [0.717, 1.165) is 64.2 Å². The summed E-state index contributed by atoms with van der Waals surface area (Å²) in [6.45, 7) is 18.8. The molecule has 7 aliphatic rings. The number of nitrogens with one attached hydrogen (secondary N) is 1. The number of hydrogen-bond acceptors (Lipinski definition) is 4. The monoisotopic (exact) mass is 783 g/mol. The summed E-state index contributed by atoms with van der Waals surface area (Å²) in [6.07, 6.45) is 14.7. The molecule has 1 aliphatic heterocycles. The van der Waals surface area contributed by atoms with Crippen molar-refractivity contribution in [2.75, 3.05) is 38.3 Å². The number of rotatable bonds is 6. The molecule has 5 nitrogen and oxygen atoms in total. The summed E-state index contributed by atoms with van der Waals surface area (Å²) in [5, 5.41) is 12.9. The molecule has 0 amide bonds. The Bertz CT molecular complexity index is 1450.